The first kappa shape index (κ1) is 18.5. The molecule has 0 bridgehead atoms. The van der Waals surface area contributed by atoms with Gasteiger partial charge in [-0.15, -0.1) is 0 Å². The van der Waals surface area contributed by atoms with E-state index in [1.54, 1.807) is 19.4 Å². The van der Waals surface area contributed by atoms with E-state index in [1.165, 1.54) is 0 Å². The van der Waals surface area contributed by atoms with Crippen molar-refractivity contribution in [2.75, 3.05) is 12.4 Å². The highest BCUT2D eigenvalue weighted by Crippen LogP contribution is 2.28. The van der Waals surface area contributed by atoms with E-state index in [9.17, 15) is 4.79 Å². The molecule has 3 rings (SSSR count). The number of aromatic nitrogens is 1. The smallest absolute Gasteiger partial charge is 0.270 e. The summed E-state index contributed by atoms with van der Waals surface area (Å²) in [6.45, 7) is 3.97. The largest absolute Gasteiger partial charge is 0.495 e. The van der Waals surface area contributed by atoms with Crippen molar-refractivity contribution >= 4 is 17.3 Å². The molecule has 0 aliphatic heterocycles. The number of benzene rings is 2. The van der Waals surface area contributed by atoms with Gasteiger partial charge in [-0.3, -0.25) is 9.78 Å². The Morgan fingerprint density at radius 2 is 1.85 bits per heavy atom. The first-order chi connectivity index (χ1) is 13.1. The van der Waals surface area contributed by atoms with Crippen LogP contribution < -0.4 is 15.4 Å². The van der Waals surface area contributed by atoms with Gasteiger partial charge in [-0.05, 0) is 49.2 Å². The summed E-state index contributed by atoms with van der Waals surface area (Å²) < 4.78 is 5.39. The highest BCUT2D eigenvalue weighted by molar-refractivity contribution is 5.93. The zero-order valence-electron chi connectivity index (χ0n) is 15.7. The second-order valence-electron chi connectivity index (χ2n) is 6.36. The van der Waals surface area contributed by atoms with Crippen LogP contribution in [-0.4, -0.2) is 18.0 Å². The van der Waals surface area contributed by atoms with Crippen molar-refractivity contribution in [3.8, 4) is 5.75 Å². The number of carbonyl (C=O) groups excluding carboxylic acids is 1. The minimum atomic E-state index is -0.216. The van der Waals surface area contributed by atoms with Crippen molar-refractivity contribution < 1.29 is 9.53 Å². The quantitative estimate of drug-likeness (QED) is 0.672. The molecule has 3 aromatic rings. The second-order valence-corrected chi connectivity index (χ2v) is 6.36. The number of carbonyl (C=O) groups is 1. The van der Waals surface area contributed by atoms with Gasteiger partial charge >= 0.3 is 0 Å². The Labute approximate surface area is 159 Å². The Hall–Kier alpha value is -3.34. The Balaban J connectivity index is 1.75. The molecular weight excluding hydrogens is 338 g/mol. The number of hydrogen-bond donors (Lipinski definition) is 2. The Morgan fingerprint density at radius 3 is 2.59 bits per heavy atom. The van der Waals surface area contributed by atoms with Crippen LogP contribution in [0.25, 0.3) is 0 Å². The first-order valence-corrected chi connectivity index (χ1v) is 8.80. The minimum Gasteiger partial charge on any atom is -0.495 e. The van der Waals surface area contributed by atoms with Crippen LogP contribution in [0.3, 0.4) is 0 Å². The van der Waals surface area contributed by atoms with Crippen molar-refractivity contribution in [3.05, 3.63) is 83.7 Å². The van der Waals surface area contributed by atoms with E-state index in [1.807, 2.05) is 68.4 Å². The maximum Gasteiger partial charge on any atom is 0.270 e. The summed E-state index contributed by atoms with van der Waals surface area (Å²) in [6, 6.07) is 19.2. The molecule has 0 saturated carbocycles. The number of methoxy groups -OCH3 is 1. The molecule has 5 nitrogen and oxygen atoms in total. The maximum absolute atomic E-state index is 12.6. The lowest BCUT2D eigenvalue weighted by Gasteiger charge is -2.15. The van der Waals surface area contributed by atoms with E-state index in [0.29, 0.717) is 5.69 Å². The third-order valence-electron chi connectivity index (χ3n) is 4.27. The van der Waals surface area contributed by atoms with Gasteiger partial charge in [0.1, 0.15) is 11.4 Å². The molecule has 1 amide bonds. The molecule has 0 spiro atoms. The molecule has 2 aromatic carbocycles. The Morgan fingerprint density at radius 1 is 1.07 bits per heavy atom. The van der Waals surface area contributed by atoms with E-state index in [4.69, 9.17) is 4.74 Å². The predicted octanol–water partition coefficient (Wildman–Crippen LogP) is 4.63. The summed E-state index contributed by atoms with van der Waals surface area (Å²) >= 11 is 0. The van der Waals surface area contributed by atoms with Crippen molar-refractivity contribution in [1.29, 1.82) is 0 Å². The molecule has 0 aliphatic rings. The van der Waals surface area contributed by atoms with Crippen LogP contribution >= 0.6 is 0 Å². The summed E-state index contributed by atoms with van der Waals surface area (Å²) in [6.07, 6.45) is 1.62. The fourth-order valence-electron chi connectivity index (χ4n) is 2.80. The molecular formula is C22H23N3O2. The molecule has 1 aromatic heterocycles. The standard InChI is InChI=1S/C22H23N3O2/c1-15-9-10-21(27-3)19(13-15)25-18-11-12-23-20(14-18)22(26)24-16(2)17-7-5-4-6-8-17/h4-14,16H,1-3H3,(H,23,25)(H,24,26). The summed E-state index contributed by atoms with van der Waals surface area (Å²) in [7, 11) is 1.63. The lowest BCUT2D eigenvalue weighted by Crippen LogP contribution is -2.27. The predicted molar refractivity (Wildman–Crippen MR) is 108 cm³/mol. The molecule has 2 N–H and O–H groups in total. The van der Waals surface area contributed by atoms with Gasteiger partial charge in [0.15, 0.2) is 0 Å². The van der Waals surface area contributed by atoms with Gasteiger partial charge in [0, 0.05) is 11.9 Å². The van der Waals surface area contributed by atoms with Crippen LogP contribution in [0.1, 0.15) is 34.6 Å². The average molecular weight is 361 g/mol. The minimum absolute atomic E-state index is 0.103. The van der Waals surface area contributed by atoms with Crippen molar-refractivity contribution in [2.24, 2.45) is 0 Å². The molecule has 0 radical (unpaired) electrons. The number of ether oxygens (including phenoxy) is 1. The molecule has 0 saturated heterocycles. The van der Waals surface area contributed by atoms with Crippen LogP contribution in [0.4, 0.5) is 11.4 Å². The number of amides is 1. The number of nitrogens with one attached hydrogen (secondary N) is 2. The number of anilines is 2. The number of nitrogens with zero attached hydrogens (tertiary/aromatic N) is 1. The summed E-state index contributed by atoms with van der Waals surface area (Å²) in [4.78, 5) is 16.8. The van der Waals surface area contributed by atoms with E-state index < -0.39 is 0 Å². The van der Waals surface area contributed by atoms with Crippen LogP contribution in [0.15, 0.2) is 66.9 Å². The lowest BCUT2D eigenvalue weighted by molar-refractivity contribution is 0.0935. The third kappa shape index (κ3) is 4.64. The highest BCUT2D eigenvalue weighted by atomic mass is 16.5. The van der Waals surface area contributed by atoms with E-state index in [-0.39, 0.29) is 11.9 Å². The van der Waals surface area contributed by atoms with Gasteiger partial charge in [-0.2, -0.15) is 0 Å². The Bertz CT molecular complexity index is 926. The van der Waals surface area contributed by atoms with Gasteiger partial charge in [0.25, 0.3) is 5.91 Å². The summed E-state index contributed by atoms with van der Waals surface area (Å²) in [5.41, 5.74) is 4.13. The summed E-state index contributed by atoms with van der Waals surface area (Å²) in [5.74, 6) is 0.521. The average Bonchev–Trinajstić information content (AvgIpc) is 2.69. The van der Waals surface area contributed by atoms with Crippen molar-refractivity contribution in [1.82, 2.24) is 10.3 Å². The number of pyridine rings is 1. The van der Waals surface area contributed by atoms with Gasteiger partial charge in [0.2, 0.25) is 0 Å². The first-order valence-electron chi connectivity index (χ1n) is 8.80. The zero-order valence-corrected chi connectivity index (χ0v) is 15.7. The topological polar surface area (TPSA) is 63.2 Å². The number of rotatable bonds is 6. The Kier molecular flexibility index (Phi) is 5.71. The highest BCUT2D eigenvalue weighted by Gasteiger charge is 2.13. The van der Waals surface area contributed by atoms with Gasteiger partial charge in [0.05, 0.1) is 18.8 Å². The van der Waals surface area contributed by atoms with Crippen molar-refractivity contribution in [2.45, 2.75) is 19.9 Å². The maximum atomic E-state index is 12.6. The molecule has 1 unspecified atom stereocenters. The molecule has 27 heavy (non-hydrogen) atoms. The third-order valence-corrected chi connectivity index (χ3v) is 4.27. The molecule has 1 heterocycles. The summed E-state index contributed by atoms with van der Waals surface area (Å²) in [5, 5.41) is 6.28. The molecule has 0 aliphatic carbocycles. The fraction of sp³-hybridized carbons (Fsp3) is 0.182. The van der Waals surface area contributed by atoms with Gasteiger partial charge in [-0.25, -0.2) is 0 Å². The van der Waals surface area contributed by atoms with E-state index >= 15 is 0 Å². The molecule has 138 valence electrons. The second kappa shape index (κ2) is 8.36. The van der Waals surface area contributed by atoms with Crippen molar-refractivity contribution in [3.63, 3.8) is 0 Å². The SMILES string of the molecule is COc1ccc(C)cc1Nc1ccnc(C(=O)NC(C)c2ccccc2)c1. The van der Waals surface area contributed by atoms with Crippen LogP contribution in [0.5, 0.6) is 5.75 Å². The fourth-order valence-corrected chi connectivity index (χ4v) is 2.80. The van der Waals surface area contributed by atoms with Gasteiger partial charge in [-0.1, -0.05) is 36.4 Å². The zero-order chi connectivity index (χ0) is 19.2. The number of aryl methyl sites for hydroxylation is 1. The van der Waals surface area contributed by atoms with Gasteiger partial charge < -0.3 is 15.4 Å². The lowest BCUT2D eigenvalue weighted by atomic mass is 10.1. The van der Waals surface area contributed by atoms with E-state index in [0.717, 1.165) is 28.3 Å². The molecule has 1 atom stereocenters. The van der Waals surface area contributed by atoms with Crippen LogP contribution in [0, 0.1) is 6.92 Å². The van der Waals surface area contributed by atoms with Crippen LogP contribution in [0.2, 0.25) is 0 Å². The van der Waals surface area contributed by atoms with Crippen LogP contribution in [-0.2, 0) is 0 Å². The molecule has 5 heteroatoms. The van der Waals surface area contributed by atoms with E-state index in [2.05, 4.69) is 15.6 Å². The number of hydrogen-bond acceptors (Lipinski definition) is 4. The normalized spacial score (nSPS) is 11.5. The molecule has 0 fully saturated rings. The monoisotopic (exact) mass is 361 g/mol.